The highest BCUT2D eigenvalue weighted by Gasteiger charge is 2.12. The summed E-state index contributed by atoms with van der Waals surface area (Å²) in [5.41, 5.74) is 2.10. The Morgan fingerprint density at radius 2 is 1.08 bits per heavy atom. The molecule has 0 spiro atoms. The largest absolute Gasteiger partial charge is 0.423 e. The Morgan fingerprint density at radius 3 is 1.51 bits per heavy atom. The molecule has 0 bridgehead atoms. The number of carbonyl (C=O) groups excluding carboxylic acids is 2. The van der Waals surface area contributed by atoms with E-state index in [4.69, 9.17) is 9.47 Å². The van der Waals surface area contributed by atoms with E-state index in [9.17, 15) is 18.4 Å². The fourth-order valence-corrected chi connectivity index (χ4v) is 2.82. The quantitative estimate of drug-likeness (QED) is 0.178. The first-order valence-corrected chi connectivity index (χ1v) is 11.0. The minimum atomic E-state index is -2.74. The lowest BCUT2D eigenvalue weighted by Crippen LogP contribution is -2.07. The Bertz CT molecular complexity index is 1480. The average Bonchev–Trinajstić information content (AvgIpc) is 2.87. The minimum Gasteiger partial charge on any atom is -0.423 e. The molecule has 0 aliphatic rings. The number of rotatable bonds is 5. The van der Waals surface area contributed by atoms with Crippen LogP contribution in [0, 0.1) is 23.7 Å². The van der Waals surface area contributed by atoms with Crippen molar-refractivity contribution in [1.29, 1.82) is 0 Å². The van der Waals surface area contributed by atoms with Crippen molar-refractivity contribution in [3.63, 3.8) is 0 Å². The fourth-order valence-electron chi connectivity index (χ4n) is 2.82. The smallest absolute Gasteiger partial charge is 0.338 e. The first-order valence-electron chi connectivity index (χ1n) is 11.0. The third-order valence-electron chi connectivity index (χ3n) is 4.81. The molecule has 3 aromatic rings. The summed E-state index contributed by atoms with van der Waals surface area (Å²) < 4.78 is 37.7. The first kappa shape index (κ1) is 26.7. The second kappa shape index (κ2) is 12.2. The van der Waals surface area contributed by atoms with Gasteiger partial charge in [-0.3, -0.25) is 0 Å². The van der Waals surface area contributed by atoms with Crippen molar-refractivity contribution in [3.8, 4) is 35.2 Å². The van der Waals surface area contributed by atoms with Gasteiger partial charge in [-0.25, -0.2) is 18.4 Å². The summed E-state index contributed by atoms with van der Waals surface area (Å²) in [6.45, 7) is 10.1. The molecule has 3 rings (SSSR count). The molecule has 184 valence electrons. The monoisotopic (exact) mass is 496 g/mol. The first-order chi connectivity index (χ1) is 17.6. The maximum atomic E-state index is 13.7. The molecule has 0 radical (unpaired) electrons. The summed E-state index contributed by atoms with van der Waals surface area (Å²) in [4.78, 5) is 23.2. The number of benzene rings is 3. The van der Waals surface area contributed by atoms with E-state index in [1.54, 1.807) is 68.4 Å². The molecule has 0 unspecified atom stereocenters. The van der Waals surface area contributed by atoms with Crippen LogP contribution in [-0.2, 0) is 9.59 Å². The van der Waals surface area contributed by atoms with Crippen molar-refractivity contribution in [2.75, 3.05) is 0 Å². The summed E-state index contributed by atoms with van der Waals surface area (Å²) in [5, 5.41) is 0. The molecule has 0 saturated heterocycles. The molecule has 0 aliphatic heterocycles. The maximum absolute atomic E-state index is 13.7. The lowest BCUT2D eigenvalue weighted by molar-refractivity contribution is -0.130. The molecule has 4 nitrogen and oxygen atoms in total. The van der Waals surface area contributed by atoms with E-state index < -0.39 is 18.4 Å². The van der Waals surface area contributed by atoms with Gasteiger partial charge in [0, 0.05) is 39.0 Å². The van der Waals surface area contributed by atoms with Gasteiger partial charge in [-0.1, -0.05) is 36.8 Å². The van der Waals surface area contributed by atoms with Gasteiger partial charge in [-0.05, 0) is 80.6 Å². The third kappa shape index (κ3) is 7.78. The van der Waals surface area contributed by atoms with Gasteiger partial charge in [-0.2, -0.15) is 0 Å². The SMILES string of the molecule is C=C(C)C(=O)Oc1ccc(C#Cc2ccc(C#Cc3ccc(OC(=O)C(=C)C)cc3)c(C(F)F)c2)cc1. The van der Waals surface area contributed by atoms with Crippen LogP contribution in [0.4, 0.5) is 8.78 Å². The minimum absolute atomic E-state index is 0.182. The van der Waals surface area contributed by atoms with Crippen LogP contribution in [0.1, 0.15) is 48.1 Å². The normalized spacial score (nSPS) is 9.86. The maximum Gasteiger partial charge on any atom is 0.338 e. The molecule has 0 atom stereocenters. The van der Waals surface area contributed by atoms with Crippen LogP contribution in [0.2, 0.25) is 0 Å². The van der Waals surface area contributed by atoms with E-state index in [0.29, 0.717) is 28.2 Å². The van der Waals surface area contributed by atoms with Crippen molar-refractivity contribution in [3.05, 3.63) is 119 Å². The number of carbonyl (C=O) groups is 2. The third-order valence-corrected chi connectivity index (χ3v) is 4.81. The average molecular weight is 497 g/mol. The second-order valence-corrected chi connectivity index (χ2v) is 7.99. The number of halogens is 2. The zero-order valence-corrected chi connectivity index (χ0v) is 20.2. The molecule has 0 heterocycles. The molecule has 0 amide bonds. The topological polar surface area (TPSA) is 52.6 Å². The van der Waals surface area contributed by atoms with E-state index >= 15 is 0 Å². The predicted octanol–water partition coefficient (Wildman–Crippen LogP) is 6.39. The van der Waals surface area contributed by atoms with Crippen LogP contribution in [0.3, 0.4) is 0 Å². The van der Waals surface area contributed by atoms with Gasteiger partial charge < -0.3 is 9.47 Å². The lowest BCUT2D eigenvalue weighted by Gasteiger charge is -2.05. The van der Waals surface area contributed by atoms with Crippen LogP contribution >= 0.6 is 0 Å². The van der Waals surface area contributed by atoms with Crippen LogP contribution in [0.15, 0.2) is 91.0 Å². The molecular weight excluding hydrogens is 474 g/mol. The molecule has 0 aromatic heterocycles. The standard InChI is InChI=1S/C31H22F2O4/c1-20(2)30(34)36-26-15-9-22(10-16-26)5-6-24-8-14-25(28(19-24)29(32)33)13-7-23-11-17-27(18-12-23)37-31(35)21(3)4/h8-12,14-19,29H,1,3H2,2,4H3. The van der Waals surface area contributed by atoms with Gasteiger partial charge in [0.1, 0.15) is 11.5 Å². The Kier molecular flexibility index (Phi) is 8.76. The van der Waals surface area contributed by atoms with Gasteiger partial charge >= 0.3 is 11.9 Å². The zero-order valence-electron chi connectivity index (χ0n) is 20.2. The second-order valence-electron chi connectivity index (χ2n) is 7.99. The van der Waals surface area contributed by atoms with E-state index in [1.807, 2.05) is 0 Å². The molecule has 37 heavy (non-hydrogen) atoms. The van der Waals surface area contributed by atoms with Crippen molar-refractivity contribution in [2.45, 2.75) is 20.3 Å². The highest BCUT2D eigenvalue weighted by Crippen LogP contribution is 2.24. The molecule has 6 heteroatoms. The molecule has 0 aliphatic carbocycles. The highest BCUT2D eigenvalue weighted by molar-refractivity contribution is 5.89. The Balaban J connectivity index is 1.75. The lowest BCUT2D eigenvalue weighted by atomic mass is 10.0. The fraction of sp³-hybridized carbons (Fsp3) is 0.0968. The van der Waals surface area contributed by atoms with Crippen molar-refractivity contribution in [2.24, 2.45) is 0 Å². The predicted molar refractivity (Wildman–Crippen MR) is 137 cm³/mol. The summed E-state index contributed by atoms with van der Waals surface area (Å²) in [6, 6.07) is 17.3. The number of hydrogen-bond acceptors (Lipinski definition) is 4. The number of ether oxygens (including phenoxy) is 2. The molecule has 0 N–H and O–H groups in total. The van der Waals surface area contributed by atoms with Gasteiger partial charge in [0.15, 0.2) is 0 Å². The van der Waals surface area contributed by atoms with Crippen molar-refractivity contribution in [1.82, 2.24) is 0 Å². The Morgan fingerprint density at radius 1 is 0.676 bits per heavy atom. The zero-order chi connectivity index (χ0) is 26.9. The van der Waals surface area contributed by atoms with Crippen LogP contribution < -0.4 is 9.47 Å². The Hall–Kier alpha value is -4.94. The highest BCUT2D eigenvalue weighted by atomic mass is 19.3. The summed E-state index contributed by atoms with van der Waals surface area (Å²) in [5.74, 6) is 11.0. The summed E-state index contributed by atoms with van der Waals surface area (Å²) in [7, 11) is 0. The van der Waals surface area contributed by atoms with Crippen LogP contribution in [0.5, 0.6) is 11.5 Å². The summed E-state index contributed by atoms with van der Waals surface area (Å²) in [6.07, 6.45) is -2.74. The molecular formula is C31H22F2O4. The number of hydrogen-bond donors (Lipinski definition) is 0. The summed E-state index contributed by atoms with van der Waals surface area (Å²) >= 11 is 0. The van der Waals surface area contributed by atoms with E-state index in [2.05, 4.69) is 36.8 Å². The van der Waals surface area contributed by atoms with Gasteiger partial charge in [-0.15, -0.1) is 0 Å². The number of esters is 2. The molecule has 0 fully saturated rings. The molecule has 0 saturated carbocycles. The van der Waals surface area contributed by atoms with Crippen molar-refractivity contribution >= 4 is 11.9 Å². The van der Waals surface area contributed by atoms with E-state index in [-0.39, 0.29) is 22.3 Å². The van der Waals surface area contributed by atoms with Gasteiger partial charge in [0.2, 0.25) is 0 Å². The van der Waals surface area contributed by atoms with Gasteiger partial charge in [0.05, 0.1) is 0 Å². The van der Waals surface area contributed by atoms with Crippen LogP contribution in [-0.4, -0.2) is 11.9 Å². The number of alkyl halides is 2. The van der Waals surface area contributed by atoms with Gasteiger partial charge in [0.25, 0.3) is 6.43 Å². The van der Waals surface area contributed by atoms with Crippen LogP contribution in [0.25, 0.3) is 0 Å². The Labute approximate surface area is 214 Å². The molecule has 3 aromatic carbocycles. The van der Waals surface area contributed by atoms with Crippen molar-refractivity contribution < 1.29 is 27.8 Å². The van der Waals surface area contributed by atoms with E-state index in [1.165, 1.54) is 12.1 Å². The van der Waals surface area contributed by atoms with E-state index in [0.717, 1.165) is 0 Å².